The molecule has 1 fully saturated rings. The van der Waals surface area contributed by atoms with Gasteiger partial charge in [-0.1, -0.05) is 5.57 Å². The van der Waals surface area contributed by atoms with Gasteiger partial charge in [-0.3, -0.25) is 0 Å². The Morgan fingerprint density at radius 2 is 2.46 bits per heavy atom. The highest BCUT2D eigenvalue weighted by molar-refractivity contribution is 5.53. The second kappa shape index (κ2) is 5.18. The van der Waals surface area contributed by atoms with Gasteiger partial charge in [0.15, 0.2) is 0 Å². The van der Waals surface area contributed by atoms with E-state index in [1.165, 1.54) is 12.0 Å². The molecular formula is C11H19NO. The highest BCUT2D eigenvalue weighted by Gasteiger charge is 2.18. The number of piperidine rings is 1. The summed E-state index contributed by atoms with van der Waals surface area (Å²) >= 11 is 0. The lowest BCUT2D eigenvalue weighted by atomic mass is 9.99. The Hall–Kier alpha value is -0.630. The molecule has 0 aromatic rings. The first-order valence-corrected chi connectivity index (χ1v) is 5.04. The minimum absolute atomic E-state index is 0.277. The van der Waals surface area contributed by atoms with Crippen LogP contribution < -0.4 is 0 Å². The fourth-order valence-electron chi connectivity index (χ4n) is 1.75. The van der Waals surface area contributed by atoms with Crippen LogP contribution in [0.1, 0.15) is 26.2 Å². The maximum atomic E-state index is 10.6. The van der Waals surface area contributed by atoms with Crippen molar-refractivity contribution in [3.8, 4) is 0 Å². The summed E-state index contributed by atoms with van der Waals surface area (Å²) in [5.41, 5.74) is 1.23. The van der Waals surface area contributed by atoms with Crippen LogP contribution in [-0.4, -0.2) is 30.8 Å². The largest absolute Gasteiger partial charge is 0.303 e. The summed E-state index contributed by atoms with van der Waals surface area (Å²) in [7, 11) is 0. The minimum atomic E-state index is 0.277. The summed E-state index contributed by atoms with van der Waals surface area (Å²) in [6.45, 7) is 9.11. The van der Waals surface area contributed by atoms with Gasteiger partial charge >= 0.3 is 0 Å². The zero-order valence-electron chi connectivity index (χ0n) is 8.46. The van der Waals surface area contributed by atoms with Crippen molar-refractivity contribution in [2.24, 2.45) is 5.92 Å². The van der Waals surface area contributed by atoms with Gasteiger partial charge in [-0.15, -0.1) is 6.58 Å². The first-order chi connectivity index (χ1) is 6.22. The zero-order valence-corrected chi connectivity index (χ0v) is 8.46. The van der Waals surface area contributed by atoms with E-state index in [1.54, 1.807) is 0 Å². The molecule has 1 unspecified atom stereocenters. The number of hydrogen-bond acceptors (Lipinski definition) is 2. The van der Waals surface area contributed by atoms with E-state index in [9.17, 15) is 4.79 Å². The highest BCUT2D eigenvalue weighted by atomic mass is 16.1. The molecule has 1 rings (SSSR count). The Morgan fingerprint density at radius 1 is 1.69 bits per heavy atom. The van der Waals surface area contributed by atoms with E-state index in [-0.39, 0.29) is 5.92 Å². The van der Waals surface area contributed by atoms with Gasteiger partial charge < -0.3 is 9.69 Å². The van der Waals surface area contributed by atoms with Crippen molar-refractivity contribution in [1.82, 2.24) is 4.90 Å². The molecule has 2 nitrogen and oxygen atoms in total. The lowest BCUT2D eigenvalue weighted by Crippen LogP contribution is -2.36. The Labute approximate surface area is 80.6 Å². The van der Waals surface area contributed by atoms with E-state index in [2.05, 4.69) is 18.4 Å². The van der Waals surface area contributed by atoms with Gasteiger partial charge in [-0.25, -0.2) is 0 Å². The van der Waals surface area contributed by atoms with Crippen molar-refractivity contribution < 1.29 is 4.79 Å². The van der Waals surface area contributed by atoms with Crippen molar-refractivity contribution in [2.75, 3.05) is 19.6 Å². The average molecular weight is 181 g/mol. The summed E-state index contributed by atoms with van der Waals surface area (Å²) in [6, 6.07) is 0. The van der Waals surface area contributed by atoms with Gasteiger partial charge in [0.25, 0.3) is 0 Å². The van der Waals surface area contributed by atoms with Crippen LogP contribution in [0.3, 0.4) is 0 Å². The molecule has 0 saturated carbocycles. The van der Waals surface area contributed by atoms with Crippen LogP contribution in [0, 0.1) is 5.92 Å². The monoisotopic (exact) mass is 181 g/mol. The maximum absolute atomic E-state index is 10.6. The fourth-order valence-corrected chi connectivity index (χ4v) is 1.75. The molecule has 0 radical (unpaired) electrons. The van der Waals surface area contributed by atoms with Gasteiger partial charge in [0.1, 0.15) is 6.29 Å². The molecule has 0 amide bonds. The van der Waals surface area contributed by atoms with Crippen molar-refractivity contribution in [3.63, 3.8) is 0 Å². The molecule has 74 valence electrons. The number of carbonyl (C=O) groups is 1. The molecular weight excluding hydrogens is 162 g/mol. The standard InChI is InChI=1S/C11H19NO/c1-10(2)5-7-12-6-3-4-11(8-12)9-13/h9,11H,1,3-8H2,2H3. The quantitative estimate of drug-likeness (QED) is 0.487. The second-order valence-electron chi connectivity index (χ2n) is 4.05. The third-order valence-corrected chi connectivity index (χ3v) is 2.59. The third-order valence-electron chi connectivity index (χ3n) is 2.59. The molecule has 0 N–H and O–H groups in total. The number of nitrogens with zero attached hydrogens (tertiary/aromatic N) is 1. The second-order valence-corrected chi connectivity index (χ2v) is 4.05. The van der Waals surface area contributed by atoms with Crippen LogP contribution in [0.2, 0.25) is 0 Å². The Kier molecular flexibility index (Phi) is 4.16. The summed E-state index contributed by atoms with van der Waals surface area (Å²) in [5.74, 6) is 0.277. The van der Waals surface area contributed by atoms with Crippen molar-refractivity contribution in [1.29, 1.82) is 0 Å². The van der Waals surface area contributed by atoms with E-state index < -0.39 is 0 Å². The van der Waals surface area contributed by atoms with Crippen LogP contribution in [0.5, 0.6) is 0 Å². The Morgan fingerprint density at radius 3 is 3.08 bits per heavy atom. The third kappa shape index (κ3) is 3.73. The van der Waals surface area contributed by atoms with Crippen LogP contribution in [-0.2, 0) is 4.79 Å². The number of hydrogen-bond donors (Lipinski definition) is 0. The maximum Gasteiger partial charge on any atom is 0.124 e. The minimum Gasteiger partial charge on any atom is -0.303 e. The molecule has 2 heteroatoms. The summed E-state index contributed by atoms with van der Waals surface area (Å²) in [5, 5.41) is 0. The Balaban J connectivity index is 2.25. The van der Waals surface area contributed by atoms with E-state index in [1.807, 2.05) is 0 Å². The summed E-state index contributed by atoms with van der Waals surface area (Å²) in [4.78, 5) is 13.0. The molecule has 1 atom stereocenters. The SMILES string of the molecule is C=C(C)CCN1CCCC(C=O)C1. The number of rotatable bonds is 4. The molecule has 0 aromatic carbocycles. The fraction of sp³-hybridized carbons (Fsp3) is 0.727. The van der Waals surface area contributed by atoms with Crippen molar-refractivity contribution in [2.45, 2.75) is 26.2 Å². The first kappa shape index (κ1) is 10.5. The number of aldehydes is 1. The molecule has 1 aliphatic rings. The molecule has 1 heterocycles. The van der Waals surface area contributed by atoms with Gasteiger partial charge in [0.05, 0.1) is 0 Å². The molecule has 1 saturated heterocycles. The van der Waals surface area contributed by atoms with Crippen molar-refractivity contribution >= 4 is 6.29 Å². The van der Waals surface area contributed by atoms with Gasteiger partial charge in [-0.2, -0.15) is 0 Å². The van der Waals surface area contributed by atoms with Gasteiger partial charge in [0.2, 0.25) is 0 Å². The van der Waals surface area contributed by atoms with E-state index in [4.69, 9.17) is 0 Å². The topological polar surface area (TPSA) is 20.3 Å². The first-order valence-electron chi connectivity index (χ1n) is 5.04. The predicted molar refractivity (Wildman–Crippen MR) is 54.7 cm³/mol. The highest BCUT2D eigenvalue weighted by Crippen LogP contribution is 2.15. The summed E-state index contributed by atoms with van der Waals surface area (Å²) in [6.07, 6.45) is 4.41. The van der Waals surface area contributed by atoms with E-state index in [0.717, 1.165) is 38.8 Å². The lowest BCUT2D eigenvalue weighted by molar-refractivity contribution is -0.112. The van der Waals surface area contributed by atoms with Crippen molar-refractivity contribution in [3.05, 3.63) is 12.2 Å². The van der Waals surface area contributed by atoms with Gasteiger partial charge in [-0.05, 0) is 32.7 Å². The van der Waals surface area contributed by atoms with E-state index >= 15 is 0 Å². The smallest absolute Gasteiger partial charge is 0.124 e. The number of carbonyl (C=O) groups excluding carboxylic acids is 1. The lowest BCUT2D eigenvalue weighted by Gasteiger charge is -2.29. The molecule has 13 heavy (non-hydrogen) atoms. The molecule has 0 bridgehead atoms. The molecule has 0 spiro atoms. The van der Waals surface area contributed by atoms with E-state index in [0.29, 0.717) is 0 Å². The van der Waals surface area contributed by atoms with Crippen LogP contribution in [0.15, 0.2) is 12.2 Å². The van der Waals surface area contributed by atoms with Crippen LogP contribution in [0.4, 0.5) is 0 Å². The molecule has 1 aliphatic heterocycles. The molecule has 0 aliphatic carbocycles. The predicted octanol–water partition coefficient (Wildman–Crippen LogP) is 1.86. The van der Waals surface area contributed by atoms with Crippen LogP contribution in [0.25, 0.3) is 0 Å². The summed E-state index contributed by atoms with van der Waals surface area (Å²) < 4.78 is 0. The molecule has 0 aromatic heterocycles. The normalized spacial score (nSPS) is 24.2. The van der Waals surface area contributed by atoms with Gasteiger partial charge in [0, 0.05) is 19.0 Å². The average Bonchev–Trinajstić information content (AvgIpc) is 2.15. The number of likely N-dealkylation sites (tertiary alicyclic amines) is 1. The zero-order chi connectivity index (χ0) is 9.68. The van der Waals surface area contributed by atoms with Crippen LogP contribution >= 0.6 is 0 Å². The Bertz CT molecular complexity index is 189.